The highest BCUT2D eigenvalue weighted by Gasteiger charge is 2.16. The molecule has 0 unspecified atom stereocenters. The summed E-state index contributed by atoms with van der Waals surface area (Å²) < 4.78 is 5.87. The lowest BCUT2D eigenvalue weighted by molar-refractivity contribution is 0.261. The van der Waals surface area contributed by atoms with E-state index < -0.39 is 0 Å². The van der Waals surface area contributed by atoms with Gasteiger partial charge >= 0.3 is 0 Å². The Morgan fingerprint density at radius 2 is 1.86 bits per heavy atom. The molecule has 0 aromatic carbocycles. The summed E-state index contributed by atoms with van der Waals surface area (Å²) >= 11 is 1.75. The second kappa shape index (κ2) is 9.18. The summed E-state index contributed by atoms with van der Waals surface area (Å²) in [5.41, 5.74) is 6.37. The van der Waals surface area contributed by atoms with E-state index >= 15 is 0 Å². The number of thiophene rings is 1. The Balaban J connectivity index is 1.37. The molecule has 0 saturated carbocycles. The van der Waals surface area contributed by atoms with Gasteiger partial charge in [0.05, 0.1) is 28.2 Å². The van der Waals surface area contributed by atoms with Crippen LogP contribution in [0.1, 0.15) is 4.88 Å². The predicted octanol–water partition coefficient (Wildman–Crippen LogP) is 5.54. The molecule has 0 spiro atoms. The topological polar surface area (TPSA) is 95.6 Å². The number of aromatic amines is 2. The Labute approximate surface area is 212 Å². The molecule has 0 aliphatic heterocycles. The minimum Gasteiger partial charge on any atom is -0.491 e. The monoisotopic (exact) mass is 495 g/mol. The van der Waals surface area contributed by atoms with Gasteiger partial charge in [0.25, 0.3) is 0 Å². The van der Waals surface area contributed by atoms with Crippen LogP contribution in [-0.4, -0.2) is 62.3 Å². The summed E-state index contributed by atoms with van der Waals surface area (Å²) in [7, 11) is 4.05. The summed E-state index contributed by atoms with van der Waals surface area (Å²) in [5.74, 6) is 0.737. The lowest BCUT2D eigenvalue weighted by Gasteiger charge is -2.11. The first-order valence-corrected chi connectivity index (χ1v) is 12.5. The van der Waals surface area contributed by atoms with Gasteiger partial charge in [-0.1, -0.05) is 0 Å². The molecule has 0 fully saturated rings. The summed E-state index contributed by atoms with van der Waals surface area (Å²) in [6.45, 7) is 3.55. The van der Waals surface area contributed by atoms with E-state index in [1.54, 1.807) is 17.5 Å². The molecule has 2 N–H and O–H groups in total. The number of nitrogens with one attached hydrogen (secondary N) is 2. The second-order valence-corrected chi connectivity index (χ2v) is 10.3. The summed E-state index contributed by atoms with van der Waals surface area (Å²) in [6, 6.07) is 12.5. The molecule has 180 valence electrons. The van der Waals surface area contributed by atoms with Crippen LogP contribution in [0.2, 0.25) is 0 Å². The van der Waals surface area contributed by atoms with Crippen LogP contribution in [0.4, 0.5) is 0 Å². The molecule has 9 heteroatoms. The van der Waals surface area contributed by atoms with Gasteiger partial charge in [0.1, 0.15) is 12.4 Å². The van der Waals surface area contributed by atoms with Gasteiger partial charge in [-0.05, 0) is 57.4 Å². The first-order chi connectivity index (χ1) is 17.5. The third-order valence-electron chi connectivity index (χ3n) is 6.05. The van der Waals surface area contributed by atoms with Gasteiger partial charge in [-0.2, -0.15) is 5.10 Å². The number of hydrogen-bond donors (Lipinski definition) is 2. The average Bonchev–Trinajstić information content (AvgIpc) is 3.61. The van der Waals surface area contributed by atoms with E-state index in [9.17, 15) is 0 Å². The maximum absolute atomic E-state index is 5.87. The third-order valence-corrected chi connectivity index (χ3v) is 7.06. The predicted molar refractivity (Wildman–Crippen MR) is 144 cm³/mol. The Hall–Kier alpha value is -4.08. The number of nitrogens with zero attached hydrogens (tertiary/aromatic N) is 5. The summed E-state index contributed by atoms with van der Waals surface area (Å²) in [5, 5.41) is 9.63. The van der Waals surface area contributed by atoms with Crippen LogP contribution >= 0.6 is 11.3 Å². The number of aromatic nitrogens is 6. The molecule has 6 rings (SSSR count). The van der Waals surface area contributed by atoms with Crippen molar-refractivity contribution in [3.63, 3.8) is 0 Å². The number of rotatable bonds is 7. The fourth-order valence-corrected chi connectivity index (χ4v) is 5.09. The highest BCUT2D eigenvalue weighted by molar-refractivity contribution is 7.15. The molecule has 8 nitrogen and oxygen atoms in total. The van der Waals surface area contributed by atoms with Gasteiger partial charge in [0.15, 0.2) is 5.65 Å². The van der Waals surface area contributed by atoms with Crippen molar-refractivity contribution in [1.82, 2.24) is 35.0 Å². The van der Waals surface area contributed by atoms with Crippen LogP contribution in [0.5, 0.6) is 5.75 Å². The number of hydrogen-bond acceptors (Lipinski definition) is 7. The molecule has 6 heterocycles. The van der Waals surface area contributed by atoms with Crippen molar-refractivity contribution in [3.05, 3.63) is 66.1 Å². The van der Waals surface area contributed by atoms with E-state index in [1.807, 2.05) is 44.8 Å². The maximum Gasteiger partial charge on any atom is 0.181 e. The van der Waals surface area contributed by atoms with Crippen molar-refractivity contribution in [2.24, 2.45) is 0 Å². The standard InChI is InChI=1S/C27H25N7OS/c1-16-4-5-24(36-16)26-20-12-23(31-22(20)6-7-29-26)25-21-11-18(14-30-27(21)33-32-25)17-10-19(15-28-13-17)35-9-8-34(2)3/h4-7,10-15,31H,8-9H2,1-3H3,(H,30,32,33). The van der Waals surface area contributed by atoms with Crippen molar-refractivity contribution in [1.29, 1.82) is 0 Å². The number of fused-ring (bicyclic) bond motifs is 2. The fraction of sp³-hybridized carbons (Fsp3) is 0.185. The first-order valence-electron chi connectivity index (χ1n) is 11.7. The van der Waals surface area contributed by atoms with Crippen molar-refractivity contribution in [2.45, 2.75) is 6.92 Å². The SMILES string of the molecule is Cc1ccc(-c2nccc3[nH]c(-c4[nH]nc5ncc(-c6cncc(OCCN(C)C)c6)cc45)cc23)s1. The molecule has 6 aromatic rings. The van der Waals surface area contributed by atoms with Gasteiger partial charge in [-0.15, -0.1) is 11.3 Å². The molecule has 0 aliphatic rings. The van der Waals surface area contributed by atoms with E-state index in [0.29, 0.717) is 12.3 Å². The molecule has 0 aliphatic carbocycles. The number of H-pyrrole nitrogens is 2. The van der Waals surface area contributed by atoms with E-state index in [-0.39, 0.29) is 0 Å². The smallest absolute Gasteiger partial charge is 0.181 e. The first kappa shape index (κ1) is 22.4. The molecule has 0 amide bonds. The minimum atomic E-state index is 0.601. The summed E-state index contributed by atoms with van der Waals surface area (Å²) in [6.07, 6.45) is 7.23. The van der Waals surface area contributed by atoms with Crippen molar-refractivity contribution in [2.75, 3.05) is 27.2 Å². The highest BCUT2D eigenvalue weighted by atomic mass is 32.1. The average molecular weight is 496 g/mol. The second-order valence-electron chi connectivity index (χ2n) is 8.97. The molecule has 0 saturated heterocycles. The Bertz CT molecular complexity index is 1680. The molecule has 6 aromatic heterocycles. The molecule has 0 bridgehead atoms. The highest BCUT2D eigenvalue weighted by Crippen LogP contribution is 2.36. The fourth-order valence-electron chi connectivity index (χ4n) is 4.21. The number of ether oxygens (including phenoxy) is 1. The molecular weight excluding hydrogens is 470 g/mol. The largest absolute Gasteiger partial charge is 0.491 e. The zero-order valence-electron chi connectivity index (χ0n) is 20.2. The van der Waals surface area contributed by atoms with Gasteiger partial charge < -0.3 is 14.6 Å². The normalized spacial score (nSPS) is 11.7. The summed E-state index contributed by atoms with van der Waals surface area (Å²) in [4.78, 5) is 21.7. The van der Waals surface area contributed by atoms with Gasteiger partial charge in [0, 0.05) is 57.4 Å². The van der Waals surface area contributed by atoms with E-state index in [2.05, 4.69) is 66.2 Å². The Morgan fingerprint density at radius 3 is 2.69 bits per heavy atom. The maximum atomic E-state index is 5.87. The van der Waals surface area contributed by atoms with Gasteiger partial charge in [-0.25, -0.2) is 4.98 Å². The minimum absolute atomic E-state index is 0.601. The van der Waals surface area contributed by atoms with Crippen LogP contribution in [-0.2, 0) is 0 Å². The van der Waals surface area contributed by atoms with Crippen LogP contribution in [0.15, 0.2) is 61.2 Å². The zero-order chi connectivity index (χ0) is 24.6. The lowest BCUT2D eigenvalue weighted by Crippen LogP contribution is -2.19. The number of aryl methyl sites for hydroxylation is 1. The van der Waals surface area contributed by atoms with Gasteiger partial charge in [-0.3, -0.25) is 15.1 Å². The van der Waals surface area contributed by atoms with Crippen molar-refractivity contribution < 1.29 is 4.74 Å². The van der Waals surface area contributed by atoms with Crippen molar-refractivity contribution in [3.8, 4) is 38.8 Å². The zero-order valence-corrected chi connectivity index (χ0v) is 21.1. The number of likely N-dealkylation sites (N-methyl/N-ethyl adjacent to an activating group) is 1. The Morgan fingerprint density at radius 1 is 0.972 bits per heavy atom. The van der Waals surface area contributed by atoms with Crippen LogP contribution in [0.3, 0.4) is 0 Å². The van der Waals surface area contributed by atoms with Crippen LogP contribution in [0, 0.1) is 6.92 Å². The third kappa shape index (κ3) is 4.23. The molecule has 0 atom stereocenters. The Kier molecular flexibility index (Phi) is 5.71. The number of pyridine rings is 3. The lowest BCUT2D eigenvalue weighted by atomic mass is 10.1. The van der Waals surface area contributed by atoms with E-state index in [0.717, 1.165) is 61.7 Å². The van der Waals surface area contributed by atoms with Gasteiger partial charge in [0.2, 0.25) is 0 Å². The molecular formula is C27H25N7OS. The molecule has 36 heavy (non-hydrogen) atoms. The van der Waals surface area contributed by atoms with Crippen LogP contribution in [0.25, 0.3) is 55.0 Å². The van der Waals surface area contributed by atoms with E-state index in [1.165, 1.54) is 4.88 Å². The quantitative estimate of drug-likeness (QED) is 0.302. The van der Waals surface area contributed by atoms with Crippen LogP contribution < -0.4 is 4.74 Å². The molecule has 0 radical (unpaired) electrons. The van der Waals surface area contributed by atoms with E-state index in [4.69, 9.17) is 4.74 Å². The van der Waals surface area contributed by atoms with Crippen molar-refractivity contribution >= 4 is 33.3 Å².